The molecule has 0 spiro atoms. The van der Waals surface area contributed by atoms with Gasteiger partial charge in [-0.1, -0.05) is 19.9 Å². The van der Waals surface area contributed by atoms with Crippen LogP contribution < -0.4 is 11.3 Å². The van der Waals surface area contributed by atoms with Gasteiger partial charge in [0.2, 0.25) is 0 Å². The number of aryl methyl sites for hydroxylation is 1. The predicted octanol–water partition coefficient (Wildman–Crippen LogP) is 2.04. The molecule has 3 N–H and O–H groups in total. The molecule has 0 bridgehead atoms. The van der Waals surface area contributed by atoms with Crippen molar-refractivity contribution in [2.24, 2.45) is 5.84 Å². The number of nitrogens with one attached hydrogen (secondary N) is 1. The van der Waals surface area contributed by atoms with Crippen molar-refractivity contribution < 1.29 is 0 Å². The molecule has 0 fully saturated rings. The van der Waals surface area contributed by atoms with E-state index in [-0.39, 0.29) is 6.04 Å². The van der Waals surface area contributed by atoms with E-state index in [9.17, 15) is 0 Å². The van der Waals surface area contributed by atoms with Crippen LogP contribution in [0.2, 0.25) is 0 Å². The number of thioether (sulfide) groups is 1. The minimum atomic E-state index is 0.186. The van der Waals surface area contributed by atoms with Gasteiger partial charge in [-0.25, -0.2) is 0 Å². The quantitative estimate of drug-likeness (QED) is 0.595. The molecule has 0 amide bonds. The average molecular weight is 225 g/mol. The Morgan fingerprint density at radius 2 is 2.20 bits per heavy atom. The number of hydrogen-bond donors (Lipinski definition) is 2. The van der Waals surface area contributed by atoms with Crippen LogP contribution in [0.5, 0.6) is 0 Å². The van der Waals surface area contributed by atoms with Crippen molar-refractivity contribution in [3.05, 3.63) is 29.6 Å². The van der Waals surface area contributed by atoms with Gasteiger partial charge in [-0.3, -0.25) is 16.3 Å². The fourth-order valence-electron chi connectivity index (χ4n) is 1.21. The van der Waals surface area contributed by atoms with Crippen LogP contribution in [0.1, 0.15) is 31.1 Å². The van der Waals surface area contributed by atoms with Crippen molar-refractivity contribution in [3.63, 3.8) is 0 Å². The molecule has 0 aromatic carbocycles. The Labute approximate surface area is 95.8 Å². The van der Waals surface area contributed by atoms with E-state index in [0.29, 0.717) is 5.25 Å². The monoisotopic (exact) mass is 225 g/mol. The van der Waals surface area contributed by atoms with Gasteiger partial charge in [-0.15, -0.1) is 0 Å². The van der Waals surface area contributed by atoms with Gasteiger partial charge in [-0.2, -0.15) is 11.8 Å². The molecule has 0 saturated heterocycles. The van der Waals surface area contributed by atoms with Crippen molar-refractivity contribution in [3.8, 4) is 0 Å². The van der Waals surface area contributed by atoms with Crippen LogP contribution in [-0.2, 0) is 0 Å². The maximum atomic E-state index is 5.54. The van der Waals surface area contributed by atoms with Gasteiger partial charge < -0.3 is 0 Å². The summed E-state index contributed by atoms with van der Waals surface area (Å²) in [5.41, 5.74) is 5.02. The summed E-state index contributed by atoms with van der Waals surface area (Å²) in [5.74, 6) is 6.51. The molecule has 84 valence electrons. The Bertz CT molecular complexity index is 284. The lowest BCUT2D eigenvalue weighted by molar-refractivity contribution is 0.607. The van der Waals surface area contributed by atoms with Gasteiger partial charge in [0, 0.05) is 17.6 Å². The summed E-state index contributed by atoms with van der Waals surface area (Å²) in [5, 5.41) is 0.624. The van der Waals surface area contributed by atoms with Crippen molar-refractivity contribution in [1.82, 2.24) is 10.4 Å². The molecule has 0 radical (unpaired) electrons. The summed E-state index contributed by atoms with van der Waals surface area (Å²) in [6.45, 7) is 6.36. The van der Waals surface area contributed by atoms with E-state index in [0.717, 1.165) is 17.0 Å². The molecule has 1 atom stereocenters. The number of nitrogens with zero attached hydrogens (tertiary/aromatic N) is 1. The molecule has 1 heterocycles. The zero-order chi connectivity index (χ0) is 11.3. The fraction of sp³-hybridized carbons (Fsp3) is 0.545. The van der Waals surface area contributed by atoms with Gasteiger partial charge >= 0.3 is 0 Å². The molecule has 0 aliphatic rings. The second-order valence-corrected chi connectivity index (χ2v) is 5.44. The molecule has 1 aromatic rings. The third-order valence-electron chi connectivity index (χ3n) is 2.13. The number of aromatic nitrogens is 1. The molecular formula is C11H19N3S. The zero-order valence-corrected chi connectivity index (χ0v) is 10.3. The van der Waals surface area contributed by atoms with E-state index >= 15 is 0 Å². The molecule has 15 heavy (non-hydrogen) atoms. The molecular weight excluding hydrogens is 206 g/mol. The molecule has 0 aliphatic heterocycles. The Kier molecular flexibility index (Phi) is 5.08. The van der Waals surface area contributed by atoms with E-state index in [2.05, 4.69) is 30.3 Å². The zero-order valence-electron chi connectivity index (χ0n) is 9.53. The van der Waals surface area contributed by atoms with Crippen molar-refractivity contribution >= 4 is 11.8 Å². The summed E-state index contributed by atoms with van der Waals surface area (Å²) < 4.78 is 0. The van der Waals surface area contributed by atoms with Gasteiger partial charge in [0.15, 0.2) is 0 Å². The highest BCUT2D eigenvalue weighted by molar-refractivity contribution is 7.99. The standard InChI is InChI=1S/C11H19N3S/c1-8(2)15-7-11(14-12)10-5-4-9(3)13-6-10/h4-6,8,11,14H,7,12H2,1-3H3. The van der Waals surface area contributed by atoms with Crippen molar-refractivity contribution in [1.29, 1.82) is 0 Å². The first-order valence-corrected chi connectivity index (χ1v) is 6.18. The van der Waals surface area contributed by atoms with Crippen LogP contribution >= 0.6 is 11.8 Å². The van der Waals surface area contributed by atoms with Gasteiger partial charge in [-0.05, 0) is 23.8 Å². The normalized spacial score (nSPS) is 13.1. The van der Waals surface area contributed by atoms with E-state index < -0.39 is 0 Å². The maximum Gasteiger partial charge on any atom is 0.0565 e. The lowest BCUT2D eigenvalue weighted by Crippen LogP contribution is -2.30. The third kappa shape index (κ3) is 4.20. The minimum Gasteiger partial charge on any atom is -0.271 e. The predicted molar refractivity (Wildman–Crippen MR) is 66.6 cm³/mol. The van der Waals surface area contributed by atoms with Crippen molar-refractivity contribution in [2.45, 2.75) is 32.1 Å². The molecule has 1 unspecified atom stereocenters. The number of hydrogen-bond acceptors (Lipinski definition) is 4. The van der Waals surface area contributed by atoms with Crippen LogP contribution in [0.25, 0.3) is 0 Å². The molecule has 1 rings (SSSR count). The molecule has 3 nitrogen and oxygen atoms in total. The van der Waals surface area contributed by atoms with Crippen LogP contribution in [0.4, 0.5) is 0 Å². The van der Waals surface area contributed by atoms with Crippen LogP contribution in [0.3, 0.4) is 0 Å². The fourth-order valence-corrected chi connectivity index (χ4v) is 2.08. The first-order valence-electron chi connectivity index (χ1n) is 5.13. The summed E-state index contributed by atoms with van der Waals surface area (Å²) in [6.07, 6.45) is 1.89. The average Bonchev–Trinajstić information content (AvgIpc) is 2.21. The highest BCUT2D eigenvalue weighted by Crippen LogP contribution is 2.20. The molecule has 0 aliphatic carbocycles. The van der Waals surface area contributed by atoms with E-state index in [1.165, 1.54) is 0 Å². The lowest BCUT2D eigenvalue weighted by Gasteiger charge is -2.16. The summed E-state index contributed by atoms with van der Waals surface area (Å²) in [6, 6.07) is 4.28. The van der Waals surface area contributed by atoms with Gasteiger partial charge in [0.05, 0.1) is 6.04 Å². The van der Waals surface area contributed by atoms with E-state index in [4.69, 9.17) is 5.84 Å². The van der Waals surface area contributed by atoms with Crippen LogP contribution in [0, 0.1) is 6.92 Å². The highest BCUT2D eigenvalue weighted by Gasteiger charge is 2.10. The number of rotatable bonds is 5. The molecule has 1 aromatic heterocycles. The Morgan fingerprint density at radius 3 is 2.67 bits per heavy atom. The third-order valence-corrected chi connectivity index (χ3v) is 3.33. The smallest absolute Gasteiger partial charge is 0.0565 e. The Hall–Kier alpha value is -0.580. The first kappa shape index (κ1) is 12.5. The summed E-state index contributed by atoms with van der Waals surface area (Å²) >= 11 is 1.89. The van der Waals surface area contributed by atoms with Crippen LogP contribution in [-0.4, -0.2) is 16.0 Å². The van der Waals surface area contributed by atoms with Gasteiger partial charge in [0.25, 0.3) is 0 Å². The second kappa shape index (κ2) is 6.10. The van der Waals surface area contributed by atoms with Crippen molar-refractivity contribution in [2.75, 3.05) is 5.75 Å². The van der Waals surface area contributed by atoms with E-state index in [1.54, 1.807) is 0 Å². The number of nitrogens with two attached hydrogens (primary N) is 1. The summed E-state index contributed by atoms with van der Waals surface area (Å²) in [4.78, 5) is 4.27. The first-order chi connectivity index (χ1) is 7.13. The summed E-state index contributed by atoms with van der Waals surface area (Å²) in [7, 11) is 0. The second-order valence-electron chi connectivity index (χ2n) is 3.83. The highest BCUT2D eigenvalue weighted by atomic mass is 32.2. The largest absolute Gasteiger partial charge is 0.271 e. The topological polar surface area (TPSA) is 50.9 Å². The maximum absolute atomic E-state index is 5.54. The van der Waals surface area contributed by atoms with Crippen LogP contribution in [0.15, 0.2) is 18.3 Å². The number of hydrazine groups is 1. The van der Waals surface area contributed by atoms with E-state index in [1.807, 2.05) is 30.9 Å². The lowest BCUT2D eigenvalue weighted by atomic mass is 10.1. The number of pyridine rings is 1. The Balaban J connectivity index is 2.61. The van der Waals surface area contributed by atoms with Gasteiger partial charge in [0.1, 0.15) is 0 Å². The molecule has 0 saturated carbocycles. The Morgan fingerprint density at radius 1 is 1.47 bits per heavy atom. The minimum absolute atomic E-state index is 0.186. The molecule has 4 heteroatoms. The SMILES string of the molecule is Cc1ccc(C(CSC(C)C)NN)cn1.